The van der Waals surface area contributed by atoms with Crippen LogP contribution in [0.2, 0.25) is 0 Å². The van der Waals surface area contributed by atoms with Crippen molar-refractivity contribution in [3.05, 3.63) is 35.4 Å². The van der Waals surface area contributed by atoms with Crippen molar-refractivity contribution in [1.82, 2.24) is 5.32 Å². The summed E-state index contributed by atoms with van der Waals surface area (Å²) in [6.45, 7) is 2.47. The fourth-order valence-electron chi connectivity index (χ4n) is 2.59. The SMILES string of the molecule is Cc1cccc(CSCC(=O)NCC2(O)CCCC2)c1. The number of rotatable bonds is 6. The molecule has 0 aliphatic heterocycles. The Balaban J connectivity index is 1.65. The third-order valence-corrected chi connectivity index (χ3v) is 4.74. The van der Waals surface area contributed by atoms with E-state index in [9.17, 15) is 9.90 Å². The monoisotopic (exact) mass is 293 g/mol. The predicted molar refractivity (Wildman–Crippen MR) is 83.8 cm³/mol. The number of hydrogen-bond acceptors (Lipinski definition) is 3. The molecule has 1 amide bonds. The minimum atomic E-state index is -0.656. The van der Waals surface area contributed by atoms with E-state index in [1.54, 1.807) is 11.8 Å². The van der Waals surface area contributed by atoms with Crippen LogP contribution in [0.4, 0.5) is 0 Å². The van der Waals surface area contributed by atoms with Crippen LogP contribution in [0.15, 0.2) is 24.3 Å². The van der Waals surface area contributed by atoms with Gasteiger partial charge in [-0.15, -0.1) is 11.8 Å². The van der Waals surface area contributed by atoms with Gasteiger partial charge < -0.3 is 10.4 Å². The first-order valence-corrected chi connectivity index (χ1v) is 8.35. The number of benzene rings is 1. The molecule has 1 aromatic rings. The summed E-state index contributed by atoms with van der Waals surface area (Å²) in [6.07, 6.45) is 3.75. The third kappa shape index (κ3) is 4.84. The Labute approximate surface area is 125 Å². The van der Waals surface area contributed by atoms with Crippen LogP contribution in [0, 0.1) is 6.92 Å². The second-order valence-corrected chi connectivity index (χ2v) is 6.68. The molecular formula is C16H23NO2S. The molecule has 0 heterocycles. The molecule has 0 radical (unpaired) electrons. The van der Waals surface area contributed by atoms with Crippen molar-refractivity contribution in [2.75, 3.05) is 12.3 Å². The lowest BCUT2D eigenvalue weighted by Crippen LogP contribution is -2.41. The number of aryl methyl sites for hydroxylation is 1. The Morgan fingerprint density at radius 1 is 1.40 bits per heavy atom. The normalized spacial score (nSPS) is 17.1. The number of carbonyl (C=O) groups is 1. The zero-order valence-corrected chi connectivity index (χ0v) is 12.8. The number of nitrogens with one attached hydrogen (secondary N) is 1. The van der Waals surface area contributed by atoms with E-state index in [1.165, 1.54) is 11.1 Å². The Morgan fingerprint density at radius 3 is 2.85 bits per heavy atom. The summed E-state index contributed by atoms with van der Waals surface area (Å²) >= 11 is 1.61. The maximum Gasteiger partial charge on any atom is 0.230 e. The van der Waals surface area contributed by atoms with Crippen LogP contribution < -0.4 is 5.32 Å². The van der Waals surface area contributed by atoms with E-state index in [-0.39, 0.29) is 5.91 Å². The number of thioether (sulfide) groups is 1. The van der Waals surface area contributed by atoms with E-state index < -0.39 is 5.60 Å². The maximum atomic E-state index is 11.8. The summed E-state index contributed by atoms with van der Waals surface area (Å²) in [5.74, 6) is 1.31. The molecule has 4 heteroatoms. The van der Waals surface area contributed by atoms with Gasteiger partial charge in [-0.1, -0.05) is 42.7 Å². The van der Waals surface area contributed by atoms with Gasteiger partial charge in [-0.3, -0.25) is 4.79 Å². The van der Waals surface area contributed by atoms with Gasteiger partial charge in [0.15, 0.2) is 0 Å². The minimum absolute atomic E-state index is 0.0166. The smallest absolute Gasteiger partial charge is 0.230 e. The molecule has 1 fully saturated rings. The van der Waals surface area contributed by atoms with E-state index in [2.05, 4.69) is 30.4 Å². The van der Waals surface area contributed by atoms with E-state index >= 15 is 0 Å². The van der Waals surface area contributed by atoms with E-state index in [0.717, 1.165) is 31.4 Å². The van der Waals surface area contributed by atoms with Gasteiger partial charge in [0.25, 0.3) is 0 Å². The predicted octanol–water partition coefficient (Wildman–Crippen LogP) is 2.65. The summed E-state index contributed by atoms with van der Waals surface area (Å²) in [5, 5.41) is 13.0. The molecule has 0 spiro atoms. The van der Waals surface area contributed by atoms with Crippen LogP contribution in [-0.4, -0.2) is 28.9 Å². The molecule has 1 saturated carbocycles. The van der Waals surface area contributed by atoms with Crippen LogP contribution in [0.25, 0.3) is 0 Å². The molecule has 0 atom stereocenters. The van der Waals surface area contributed by atoms with E-state index in [4.69, 9.17) is 0 Å². The van der Waals surface area contributed by atoms with Gasteiger partial charge in [0.05, 0.1) is 11.4 Å². The second-order valence-electron chi connectivity index (χ2n) is 5.69. The zero-order valence-electron chi connectivity index (χ0n) is 12.0. The lowest BCUT2D eigenvalue weighted by atomic mass is 10.0. The number of aliphatic hydroxyl groups is 1. The average Bonchev–Trinajstić information content (AvgIpc) is 2.84. The molecule has 110 valence electrons. The second kappa shape index (κ2) is 7.14. The molecule has 0 bridgehead atoms. The summed E-state index contributed by atoms with van der Waals surface area (Å²) in [5.41, 5.74) is 1.84. The van der Waals surface area contributed by atoms with Crippen LogP contribution in [0.1, 0.15) is 36.8 Å². The molecule has 1 aromatic carbocycles. The van der Waals surface area contributed by atoms with Crippen molar-refractivity contribution in [2.24, 2.45) is 0 Å². The van der Waals surface area contributed by atoms with Crippen LogP contribution in [0.5, 0.6) is 0 Å². The van der Waals surface area contributed by atoms with Gasteiger partial charge in [-0.25, -0.2) is 0 Å². The first kappa shape index (κ1) is 15.4. The van der Waals surface area contributed by atoms with Gasteiger partial charge >= 0.3 is 0 Å². The molecule has 1 aliphatic rings. The molecule has 0 aromatic heterocycles. The fraction of sp³-hybridized carbons (Fsp3) is 0.562. The summed E-state index contributed by atoms with van der Waals surface area (Å²) in [7, 11) is 0. The van der Waals surface area contributed by atoms with E-state index in [1.807, 2.05) is 6.07 Å². The zero-order chi connectivity index (χ0) is 14.4. The summed E-state index contributed by atoms with van der Waals surface area (Å²) in [4.78, 5) is 11.8. The first-order chi connectivity index (χ1) is 9.57. The van der Waals surface area contributed by atoms with Gasteiger partial charge in [-0.2, -0.15) is 0 Å². The highest BCUT2D eigenvalue weighted by Crippen LogP contribution is 2.28. The van der Waals surface area contributed by atoms with Crippen molar-refractivity contribution in [1.29, 1.82) is 0 Å². The van der Waals surface area contributed by atoms with Crippen molar-refractivity contribution >= 4 is 17.7 Å². The molecule has 0 unspecified atom stereocenters. The quantitative estimate of drug-likeness (QED) is 0.848. The number of hydrogen-bond donors (Lipinski definition) is 2. The van der Waals surface area contributed by atoms with Crippen LogP contribution in [-0.2, 0) is 10.5 Å². The van der Waals surface area contributed by atoms with Gasteiger partial charge in [0.2, 0.25) is 5.91 Å². The first-order valence-electron chi connectivity index (χ1n) is 7.20. The highest BCUT2D eigenvalue weighted by atomic mass is 32.2. The molecule has 1 aliphatic carbocycles. The lowest BCUT2D eigenvalue weighted by Gasteiger charge is -2.22. The Morgan fingerprint density at radius 2 is 2.15 bits per heavy atom. The number of amides is 1. The molecule has 0 saturated heterocycles. The maximum absolute atomic E-state index is 11.8. The standard InChI is InChI=1S/C16H23NO2S/c1-13-5-4-6-14(9-13)10-20-11-15(18)17-12-16(19)7-2-3-8-16/h4-6,9,19H,2-3,7-8,10-12H2,1H3,(H,17,18). The highest BCUT2D eigenvalue weighted by molar-refractivity contribution is 7.99. The largest absolute Gasteiger partial charge is 0.388 e. The van der Waals surface area contributed by atoms with Gasteiger partial charge in [-0.05, 0) is 25.3 Å². The van der Waals surface area contributed by atoms with Gasteiger partial charge in [0, 0.05) is 12.3 Å². The third-order valence-electron chi connectivity index (χ3n) is 3.73. The minimum Gasteiger partial charge on any atom is -0.388 e. The molecule has 20 heavy (non-hydrogen) atoms. The van der Waals surface area contributed by atoms with Crippen LogP contribution in [0.3, 0.4) is 0 Å². The Bertz CT molecular complexity index is 456. The summed E-state index contributed by atoms with van der Waals surface area (Å²) < 4.78 is 0. The Kier molecular flexibility index (Phi) is 5.49. The lowest BCUT2D eigenvalue weighted by molar-refractivity contribution is -0.119. The molecule has 2 N–H and O–H groups in total. The Hall–Kier alpha value is -1.00. The van der Waals surface area contributed by atoms with Crippen molar-refractivity contribution in [3.63, 3.8) is 0 Å². The van der Waals surface area contributed by atoms with Crippen molar-refractivity contribution in [2.45, 2.75) is 44.0 Å². The van der Waals surface area contributed by atoms with Crippen LogP contribution >= 0.6 is 11.8 Å². The molecular weight excluding hydrogens is 270 g/mol. The van der Waals surface area contributed by atoms with Gasteiger partial charge in [0.1, 0.15) is 0 Å². The van der Waals surface area contributed by atoms with E-state index in [0.29, 0.717) is 12.3 Å². The average molecular weight is 293 g/mol. The molecule has 3 nitrogen and oxygen atoms in total. The van der Waals surface area contributed by atoms with Crippen molar-refractivity contribution in [3.8, 4) is 0 Å². The highest BCUT2D eigenvalue weighted by Gasteiger charge is 2.31. The fourth-order valence-corrected chi connectivity index (χ4v) is 3.39. The molecule has 2 rings (SSSR count). The summed E-state index contributed by atoms with van der Waals surface area (Å²) in [6, 6.07) is 8.34. The van der Waals surface area contributed by atoms with Crippen molar-refractivity contribution < 1.29 is 9.90 Å². The topological polar surface area (TPSA) is 49.3 Å². The number of carbonyl (C=O) groups excluding carboxylic acids is 1.